The molecule has 0 aliphatic carbocycles. The normalized spacial score (nSPS) is 17.7. The molecule has 3 N–H and O–H groups in total. The van der Waals surface area contributed by atoms with Crippen LogP contribution in [0.5, 0.6) is 0 Å². The number of benzene rings is 1. The van der Waals surface area contributed by atoms with Gasteiger partial charge in [-0.2, -0.15) is 11.8 Å². The Hall–Kier alpha value is -1.69. The molecule has 0 fully saturated rings. The van der Waals surface area contributed by atoms with Crippen LogP contribution in [0.4, 0.5) is 5.69 Å². The first-order valence-electron chi connectivity index (χ1n) is 6.95. The Morgan fingerprint density at radius 3 is 2.95 bits per heavy atom. The molecule has 0 saturated heterocycles. The third-order valence-electron chi connectivity index (χ3n) is 3.62. The highest BCUT2D eigenvalue weighted by Crippen LogP contribution is 2.33. The molecular weight excluding hydrogens is 288 g/mol. The minimum Gasteiger partial charge on any atom is -0.480 e. The van der Waals surface area contributed by atoms with Crippen LogP contribution in [0.15, 0.2) is 24.3 Å². The zero-order valence-corrected chi connectivity index (χ0v) is 12.8. The van der Waals surface area contributed by atoms with Crippen molar-refractivity contribution in [3.63, 3.8) is 0 Å². The van der Waals surface area contributed by atoms with E-state index in [4.69, 9.17) is 5.11 Å². The number of carbonyl (C=O) groups excluding carboxylic acids is 1. The second-order valence-electron chi connectivity index (χ2n) is 5.11. The van der Waals surface area contributed by atoms with Gasteiger partial charge in [-0.15, -0.1) is 0 Å². The molecule has 5 nitrogen and oxygen atoms in total. The van der Waals surface area contributed by atoms with E-state index >= 15 is 0 Å². The number of para-hydroxylation sites is 1. The first kappa shape index (κ1) is 15.7. The molecule has 1 amide bonds. The lowest BCUT2D eigenvalue weighted by atomic mass is 9.97. The summed E-state index contributed by atoms with van der Waals surface area (Å²) in [7, 11) is 0. The van der Waals surface area contributed by atoms with Crippen molar-refractivity contribution in [3.8, 4) is 0 Å². The van der Waals surface area contributed by atoms with E-state index in [0.29, 0.717) is 18.6 Å². The van der Waals surface area contributed by atoms with Gasteiger partial charge >= 0.3 is 5.97 Å². The zero-order valence-electron chi connectivity index (χ0n) is 12.0. The molecule has 2 unspecified atom stereocenters. The monoisotopic (exact) mass is 308 g/mol. The molecule has 0 radical (unpaired) electrons. The van der Waals surface area contributed by atoms with Gasteiger partial charge < -0.3 is 15.7 Å². The van der Waals surface area contributed by atoms with Gasteiger partial charge in [0.25, 0.3) is 0 Å². The lowest BCUT2D eigenvalue weighted by Gasteiger charge is -2.16. The van der Waals surface area contributed by atoms with Gasteiger partial charge in [0.05, 0.1) is 0 Å². The summed E-state index contributed by atoms with van der Waals surface area (Å²) in [4.78, 5) is 23.2. The van der Waals surface area contributed by atoms with Crippen molar-refractivity contribution < 1.29 is 14.7 Å². The molecule has 6 heteroatoms. The van der Waals surface area contributed by atoms with E-state index < -0.39 is 12.0 Å². The fourth-order valence-electron chi connectivity index (χ4n) is 2.51. The zero-order chi connectivity index (χ0) is 15.2. The van der Waals surface area contributed by atoms with Crippen molar-refractivity contribution in [1.82, 2.24) is 5.32 Å². The fourth-order valence-corrected chi connectivity index (χ4v) is 2.98. The largest absolute Gasteiger partial charge is 0.480 e. The Labute approximate surface area is 128 Å². The van der Waals surface area contributed by atoms with Gasteiger partial charge in [-0.25, -0.2) is 4.79 Å². The average molecular weight is 308 g/mol. The molecule has 2 atom stereocenters. The predicted octanol–water partition coefficient (Wildman–Crippen LogP) is 1.91. The van der Waals surface area contributed by atoms with E-state index in [2.05, 4.69) is 10.6 Å². The number of carbonyl (C=O) groups is 2. The smallest absolute Gasteiger partial charge is 0.326 e. The van der Waals surface area contributed by atoms with Crippen LogP contribution in [0.1, 0.15) is 24.3 Å². The number of nitrogens with one attached hydrogen (secondary N) is 2. The number of fused-ring (bicyclic) bond motifs is 1. The Morgan fingerprint density at radius 2 is 2.24 bits per heavy atom. The number of amides is 1. The maximum Gasteiger partial charge on any atom is 0.326 e. The average Bonchev–Trinajstić information content (AvgIpc) is 2.86. The molecule has 1 aliphatic rings. The van der Waals surface area contributed by atoms with E-state index in [1.807, 2.05) is 30.5 Å². The lowest BCUT2D eigenvalue weighted by Crippen LogP contribution is -2.41. The van der Waals surface area contributed by atoms with Gasteiger partial charge in [-0.05, 0) is 30.1 Å². The Kier molecular flexibility index (Phi) is 5.50. The predicted molar refractivity (Wildman–Crippen MR) is 84.9 cm³/mol. The van der Waals surface area contributed by atoms with Gasteiger partial charge in [0, 0.05) is 24.6 Å². The van der Waals surface area contributed by atoms with Crippen LogP contribution in [-0.4, -0.2) is 41.6 Å². The lowest BCUT2D eigenvalue weighted by molar-refractivity contribution is -0.141. The molecule has 1 aromatic carbocycles. The molecule has 1 aliphatic heterocycles. The van der Waals surface area contributed by atoms with E-state index in [1.165, 1.54) is 0 Å². The molecule has 0 aromatic heterocycles. The highest BCUT2D eigenvalue weighted by Gasteiger charge is 2.26. The number of hydrogen-bond acceptors (Lipinski definition) is 4. The maximum absolute atomic E-state index is 12.1. The first-order chi connectivity index (χ1) is 10.1. The van der Waals surface area contributed by atoms with Gasteiger partial charge in [0.15, 0.2) is 0 Å². The summed E-state index contributed by atoms with van der Waals surface area (Å²) in [5.41, 5.74) is 2.19. The van der Waals surface area contributed by atoms with Crippen LogP contribution in [0.2, 0.25) is 0 Å². The highest BCUT2D eigenvalue weighted by molar-refractivity contribution is 7.98. The number of anilines is 1. The molecule has 114 valence electrons. The van der Waals surface area contributed by atoms with Crippen molar-refractivity contribution in [3.05, 3.63) is 29.8 Å². The summed E-state index contributed by atoms with van der Waals surface area (Å²) < 4.78 is 0. The molecule has 0 bridgehead atoms. The third kappa shape index (κ3) is 4.14. The summed E-state index contributed by atoms with van der Waals surface area (Å²) in [6, 6.07) is 7.11. The van der Waals surface area contributed by atoms with Gasteiger partial charge in [-0.3, -0.25) is 4.79 Å². The van der Waals surface area contributed by atoms with Gasteiger partial charge in [0.2, 0.25) is 5.91 Å². The number of carboxylic acid groups (broad SMARTS) is 1. The summed E-state index contributed by atoms with van der Waals surface area (Å²) in [5.74, 6) is -0.351. The van der Waals surface area contributed by atoms with Crippen molar-refractivity contribution in [2.75, 3.05) is 23.9 Å². The van der Waals surface area contributed by atoms with E-state index in [1.54, 1.807) is 11.8 Å². The molecule has 21 heavy (non-hydrogen) atoms. The Bertz CT molecular complexity index is 521. The molecular formula is C15H20N2O3S. The maximum atomic E-state index is 12.1. The first-order valence-corrected chi connectivity index (χ1v) is 8.35. The standard InChI is InChI=1S/C15H20N2O3S/c1-21-7-6-13(15(19)20)17-14(18)8-10-9-16-12-5-3-2-4-11(10)12/h2-5,10,13,16H,6-9H2,1H3,(H,17,18)(H,19,20). The minimum atomic E-state index is -0.970. The fraction of sp³-hybridized carbons (Fsp3) is 0.467. The Balaban J connectivity index is 1.91. The Morgan fingerprint density at radius 1 is 1.48 bits per heavy atom. The summed E-state index contributed by atoms with van der Waals surface area (Å²) >= 11 is 1.57. The number of thioether (sulfide) groups is 1. The second-order valence-corrected chi connectivity index (χ2v) is 6.09. The van der Waals surface area contributed by atoms with Gasteiger partial charge in [0.1, 0.15) is 6.04 Å². The van der Waals surface area contributed by atoms with Crippen LogP contribution in [0.25, 0.3) is 0 Å². The number of carboxylic acids is 1. The minimum absolute atomic E-state index is 0.108. The van der Waals surface area contributed by atoms with Crippen molar-refractivity contribution >= 4 is 29.3 Å². The van der Waals surface area contributed by atoms with Crippen molar-refractivity contribution in [2.45, 2.75) is 24.8 Å². The van der Waals surface area contributed by atoms with E-state index in [9.17, 15) is 9.59 Å². The number of aliphatic carboxylic acids is 1. The molecule has 1 heterocycles. The summed E-state index contributed by atoms with van der Waals surface area (Å²) in [6.45, 7) is 0.718. The van der Waals surface area contributed by atoms with Crippen molar-refractivity contribution in [1.29, 1.82) is 0 Å². The topological polar surface area (TPSA) is 78.4 Å². The second kappa shape index (κ2) is 7.36. The van der Waals surface area contributed by atoms with Crippen LogP contribution < -0.4 is 10.6 Å². The van der Waals surface area contributed by atoms with Crippen LogP contribution in [0, 0.1) is 0 Å². The van der Waals surface area contributed by atoms with Crippen LogP contribution in [-0.2, 0) is 9.59 Å². The molecule has 0 saturated carbocycles. The van der Waals surface area contributed by atoms with Crippen LogP contribution in [0.3, 0.4) is 0 Å². The number of rotatable bonds is 7. The highest BCUT2D eigenvalue weighted by atomic mass is 32.2. The van der Waals surface area contributed by atoms with E-state index in [0.717, 1.165) is 17.8 Å². The molecule has 2 rings (SSSR count). The van der Waals surface area contributed by atoms with Gasteiger partial charge in [-0.1, -0.05) is 18.2 Å². The quantitative estimate of drug-likeness (QED) is 0.717. The van der Waals surface area contributed by atoms with Crippen molar-refractivity contribution in [2.24, 2.45) is 0 Å². The SMILES string of the molecule is CSCCC(NC(=O)CC1CNc2ccccc21)C(=O)O. The summed E-state index contributed by atoms with van der Waals surface area (Å²) in [5, 5.41) is 15.0. The van der Waals surface area contributed by atoms with Crippen LogP contribution >= 0.6 is 11.8 Å². The molecule has 1 aromatic rings. The third-order valence-corrected chi connectivity index (χ3v) is 4.26. The number of hydrogen-bond donors (Lipinski definition) is 3. The van der Waals surface area contributed by atoms with E-state index in [-0.39, 0.29) is 11.8 Å². The molecule has 0 spiro atoms. The summed E-state index contributed by atoms with van der Waals surface area (Å²) in [6.07, 6.45) is 2.68.